The van der Waals surface area contributed by atoms with Gasteiger partial charge in [0.05, 0.1) is 12.6 Å². The number of hydrogen-bond donors (Lipinski definition) is 1. The summed E-state index contributed by atoms with van der Waals surface area (Å²) in [5.41, 5.74) is 4.00. The van der Waals surface area contributed by atoms with Gasteiger partial charge in [0.15, 0.2) is 0 Å². The van der Waals surface area contributed by atoms with Crippen LogP contribution in [0.3, 0.4) is 0 Å². The summed E-state index contributed by atoms with van der Waals surface area (Å²) in [5.74, 6) is 0.781. The largest absolute Gasteiger partial charge is 0.493 e. The van der Waals surface area contributed by atoms with Gasteiger partial charge in [-0.3, -0.25) is 0 Å². The van der Waals surface area contributed by atoms with E-state index in [0.29, 0.717) is 5.56 Å². The van der Waals surface area contributed by atoms with E-state index in [4.69, 9.17) is 4.74 Å². The fourth-order valence-electron chi connectivity index (χ4n) is 2.86. The van der Waals surface area contributed by atoms with Crippen LogP contribution in [-0.2, 0) is 6.42 Å². The van der Waals surface area contributed by atoms with E-state index in [1.165, 1.54) is 11.6 Å². The highest BCUT2D eigenvalue weighted by Crippen LogP contribution is 2.38. The summed E-state index contributed by atoms with van der Waals surface area (Å²) >= 11 is 3.57. The molecule has 1 aliphatic rings. The molecular weight excluding hydrogens is 333 g/mol. The van der Waals surface area contributed by atoms with Crippen LogP contribution >= 0.6 is 15.9 Å². The Morgan fingerprint density at radius 2 is 2.10 bits per heavy atom. The van der Waals surface area contributed by atoms with Crippen molar-refractivity contribution in [2.45, 2.75) is 19.4 Å². The van der Waals surface area contributed by atoms with Crippen molar-refractivity contribution >= 4 is 15.9 Å². The van der Waals surface area contributed by atoms with Gasteiger partial charge in [-0.1, -0.05) is 28.1 Å². The lowest BCUT2D eigenvalue weighted by molar-refractivity contribution is 0.351. The first kappa shape index (κ1) is 14.5. The molecule has 0 saturated heterocycles. The highest BCUT2D eigenvalue weighted by Gasteiger charge is 2.24. The van der Waals surface area contributed by atoms with Crippen LogP contribution in [0.25, 0.3) is 0 Å². The Kier molecular flexibility index (Phi) is 4.00. The lowest BCUT2D eigenvalue weighted by Gasteiger charge is -2.21. The number of fused-ring (bicyclic) bond motifs is 1. The van der Waals surface area contributed by atoms with Gasteiger partial charge in [0.1, 0.15) is 11.6 Å². The van der Waals surface area contributed by atoms with Crippen molar-refractivity contribution in [2.75, 3.05) is 13.7 Å². The highest BCUT2D eigenvalue weighted by molar-refractivity contribution is 9.10. The summed E-state index contributed by atoms with van der Waals surface area (Å²) < 4.78 is 20.3. The second-order valence-corrected chi connectivity index (χ2v) is 6.23. The van der Waals surface area contributed by atoms with E-state index >= 15 is 0 Å². The lowest BCUT2D eigenvalue weighted by Crippen LogP contribution is -2.18. The third-order valence-corrected chi connectivity index (χ3v) is 4.35. The quantitative estimate of drug-likeness (QED) is 0.898. The number of aryl methyl sites for hydroxylation is 1. The van der Waals surface area contributed by atoms with Crippen molar-refractivity contribution in [3.8, 4) is 5.75 Å². The summed E-state index contributed by atoms with van der Waals surface area (Å²) in [6.45, 7) is 2.51. The molecule has 3 rings (SSSR count). The fraction of sp³-hybridized carbons (Fsp3) is 0.294. The van der Waals surface area contributed by atoms with E-state index in [9.17, 15) is 4.39 Å². The first-order chi connectivity index (χ1) is 10.1. The van der Waals surface area contributed by atoms with E-state index in [-0.39, 0.29) is 11.9 Å². The van der Waals surface area contributed by atoms with Gasteiger partial charge in [0.25, 0.3) is 0 Å². The fourth-order valence-corrected chi connectivity index (χ4v) is 3.38. The Bertz CT molecular complexity index is 687. The summed E-state index contributed by atoms with van der Waals surface area (Å²) in [5, 5.41) is 3.31. The van der Waals surface area contributed by atoms with Crippen LogP contribution < -0.4 is 10.1 Å². The molecule has 0 aromatic heterocycles. The van der Waals surface area contributed by atoms with Crippen LogP contribution in [0, 0.1) is 12.7 Å². The second kappa shape index (κ2) is 5.78. The number of rotatable bonds is 3. The first-order valence-electron chi connectivity index (χ1n) is 6.98. The minimum Gasteiger partial charge on any atom is -0.493 e. The summed E-state index contributed by atoms with van der Waals surface area (Å²) in [7, 11) is 1.91. The topological polar surface area (TPSA) is 21.3 Å². The van der Waals surface area contributed by atoms with Crippen LogP contribution in [-0.4, -0.2) is 13.7 Å². The first-order valence-corrected chi connectivity index (χ1v) is 7.78. The van der Waals surface area contributed by atoms with Crippen molar-refractivity contribution in [3.05, 3.63) is 62.9 Å². The van der Waals surface area contributed by atoms with Gasteiger partial charge in [-0.2, -0.15) is 0 Å². The van der Waals surface area contributed by atoms with Crippen LogP contribution in [0.2, 0.25) is 0 Å². The Morgan fingerprint density at radius 3 is 2.81 bits per heavy atom. The van der Waals surface area contributed by atoms with Gasteiger partial charge in [0.2, 0.25) is 0 Å². The molecule has 21 heavy (non-hydrogen) atoms. The zero-order valence-electron chi connectivity index (χ0n) is 12.0. The van der Waals surface area contributed by atoms with Crippen LogP contribution in [0.4, 0.5) is 4.39 Å². The van der Waals surface area contributed by atoms with E-state index < -0.39 is 0 Å². The molecular formula is C17H17BrFNO. The average molecular weight is 350 g/mol. The molecule has 2 nitrogen and oxygen atoms in total. The Morgan fingerprint density at radius 1 is 1.29 bits per heavy atom. The molecule has 2 aromatic rings. The minimum atomic E-state index is -0.177. The predicted molar refractivity (Wildman–Crippen MR) is 85.4 cm³/mol. The van der Waals surface area contributed by atoms with Crippen LogP contribution in [0.15, 0.2) is 34.8 Å². The van der Waals surface area contributed by atoms with E-state index in [1.807, 2.05) is 19.2 Å². The van der Waals surface area contributed by atoms with E-state index in [2.05, 4.69) is 33.4 Å². The van der Waals surface area contributed by atoms with Crippen molar-refractivity contribution in [1.82, 2.24) is 5.32 Å². The maximum atomic E-state index is 13.5. The smallest absolute Gasteiger partial charge is 0.127 e. The second-order valence-electron chi connectivity index (χ2n) is 5.31. The molecule has 0 aliphatic carbocycles. The molecule has 0 fully saturated rings. The van der Waals surface area contributed by atoms with Crippen LogP contribution in [0.1, 0.15) is 28.3 Å². The SMILES string of the molecule is CNC(c1ccc(F)c(C)c1)c1cc(Br)cc2c1OCC2. The molecule has 1 atom stereocenters. The predicted octanol–water partition coefficient (Wildman–Crippen LogP) is 4.14. The van der Waals surface area contributed by atoms with Crippen molar-refractivity contribution in [2.24, 2.45) is 0 Å². The molecule has 2 aromatic carbocycles. The van der Waals surface area contributed by atoms with E-state index in [0.717, 1.165) is 34.4 Å². The average Bonchev–Trinajstić information content (AvgIpc) is 2.91. The van der Waals surface area contributed by atoms with Gasteiger partial charge in [-0.15, -0.1) is 0 Å². The number of nitrogens with one attached hydrogen (secondary N) is 1. The number of benzene rings is 2. The highest BCUT2D eigenvalue weighted by atomic mass is 79.9. The molecule has 1 aliphatic heterocycles. The minimum absolute atomic E-state index is 0.0198. The maximum Gasteiger partial charge on any atom is 0.127 e. The number of ether oxygens (including phenoxy) is 1. The van der Waals surface area contributed by atoms with E-state index in [1.54, 1.807) is 6.92 Å². The Hall–Kier alpha value is -1.39. The monoisotopic (exact) mass is 349 g/mol. The van der Waals surface area contributed by atoms with Crippen molar-refractivity contribution in [1.29, 1.82) is 0 Å². The number of halogens is 2. The number of hydrogen-bond acceptors (Lipinski definition) is 2. The molecule has 0 bridgehead atoms. The molecule has 110 valence electrons. The maximum absolute atomic E-state index is 13.5. The molecule has 4 heteroatoms. The summed E-state index contributed by atoms with van der Waals surface area (Å²) in [4.78, 5) is 0. The Balaban J connectivity index is 2.10. The molecule has 0 saturated carbocycles. The van der Waals surface area contributed by atoms with Gasteiger partial charge >= 0.3 is 0 Å². The molecule has 0 amide bonds. The normalized spacial score (nSPS) is 14.7. The van der Waals surface area contributed by atoms with Gasteiger partial charge in [0, 0.05) is 16.5 Å². The third kappa shape index (κ3) is 2.70. The summed E-state index contributed by atoms with van der Waals surface area (Å²) in [6, 6.07) is 9.39. The molecule has 0 radical (unpaired) electrons. The zero-order valence-corrected chi connectivity index (χ0v) is 13.6. The Labute approximate surface area is 132 Å². The van der Waals surface area contributed by atoms with Crippen molar-refractivity contribution < 1.29 is 9.13 Å². The molecule has 1 heterocycles. The van der Waals surface area contributed by atoms with Gasteiger partial charge < -0.3 is 10.1 Å². The standard InChI is InChI=1S/C17H17BrFNO/c1-10-7-11(3-4-15(10)19)16(20-2)14-9-13(18)8-12-5-6-21-17(12)14/h3-4,7-9,16,20H,5-6H2,1-2H3. The van der Waals surface area contributed by atoms with Gasteiger partial charge in [-0.05, 0) is 48.9 Å². The molecule has 1 N–H and O–H groups in total. The summed E-state index contributed by atoms with van der Waals surface area (Å²) in [6.07, 6.45) is 0.931. The van der Waals surface area contributed by atoms with Gasteiger partial charge in [-0.25, -0.2) is 4.39 Å². The third-order valence-electron chi connectivity index (χ3n) is 3.89. The molecule has 0 spiro atoms. The lowest BCUT2D eigenvalue weighted by atomic mass is 9.95. The van der Waals surface area contributed by atoms with Crippen LogP contribution in [0.5, 0.6) is 5.75 Å². The zero-order chi connectivity index (χ0) is 15.0. The molecule has 1 unspecified atom stereocenters. The van der Waals surface area contributed by atoms with Crippen molar-refractivity contribution in [3.63, 3.8) is 0 Å².